The normalized spacial score (nSPS) is 26.2. The van der Waals surface area contributed by atoms with Gasteiger partial charge in [0.25, 0.3) is 5.91 Å². The lowest BCUT2D eigenvalue weighted by molar-refractivity contribution is -0.142. The predicted octanol–water partition coefficient (Wildman–Crippen LogP) is 1.70. The van der Waals surface area contributed by atoms with E-state index < -0.39 is 0 Å². The number of hydrogen-bond donors (Lipinski definition) is 0. The summed E-state index contributed by atoms with van der Waals surface area (Å²) in [6.45, 7) is 1.42. The molecular weight excluding hydrogens is 266 g/mol. The molecule has 5 nitrogen and oxygen atoms in total. The van der Waals surface area contributed by atoms with Crippen LogP contribution in [0.15, 0.2) is 24.5 Å². The molecule has 2 fully saturated rings. The Bertz CT molecular complexity index is 542. The number of pyridine rings is 1. The second-order valence-corrected chi connectivity index (χ2v) is 6.10. The number of likely N-dealkylation sites (tertiary alicyclic amines) is 2. The van der Waals surface area contributed by atoms with Crippen molar-refractivity contribution in [2.24, 2.45) is 0 Å². The van der Waals surface area contributed by atoms with Gasteiger partial charge in [-0.3, -0.25) is 14.6 Å². The fourth-order valence-corrected chi connectivity index (χ4v) is 3.61. The topological polar surface area (TPSA) is 53.5 Å². The Morgan fingerprint density at radius 3 is 2.71 bits per heavy atom. The standard InChI is InChI=1S/C16H21N3O2/c1-18-14(20)4-2-7-16(18)8-3-11-19(12-16)15(21)13-5-9-17-10-6-13/h5-6,9-10H,2-4,7-8,11-12H2,1H3/t16-/m0/s1. The Morgan fingerprint density at radius 1 is 1.24 bits per heavy atom. The van der Waals surface area contributed by atoms with Gasteiger partial charge in [0, 0.05) is 44.5 Å². The monoisotopic (exact) mass is 287 g/mol. The Hall–Kier alpha value is -1.91. The van der Waals surface area contributed by atoms with E-state index in [4.69, 9.17) is 0 Å². The number of carbonyl (C=O) groups is 2. The van der Waals surface area contributed by atoms with E-state index in [-0.39, 0.29) is 17.4 Å². The van der Waals surface area contributed by atoms with Gasteiger partial charge in [-0.15, -0.1) is 0 Å². The van der Waals surface area contributed by atoms with Gasteiger partial charge in [0.15, 0.2) is 0 Å². The molecule has 0 unspecified atom stereocenters. The average Bonchev–Trinajstić information content (AvgIpc) is 2.53. The number of amides is 2. The third-order valence-electron chi connectivity index (χ3n) is 4.89. The Morgan fingerprint density at radius 2 is 1.95 bits per heavy atom. The number of hydrogen-bond acceptors (Lipinski definition) is 3. The van der Waals surface area contributed by atoms with E-state index in [0.717, 1.165) is 32.2 Å². The summed E-state index contributed by atoms with van der Waals surface area (Å²) in [6.07, 6.45) is 7.79. The van der Waals surface area contributed by atoms with Crippen molar-refractivity contribution in [1.29, 1.82) is 0 Å². The van der Waals surface area contributed by atoms with Crippen LogP contribution in [0.1, 0.15) is 42.5 Å². The molecule has 2 amide bonds. The predicted molar refractivity (Wildman–Crippen MR) is 78.7 cm³/mol. The van der Waals surface area contributed by atoms with Crippen LogP contribution in [0.3, 0.4) is 0 Å². The van der Waals surface area contributed by atoms with Crippen LogP contribution in [0.4, 0.5) is 0 Å². The first-order valence-electron chi connectivity index (χ1n) is 7.58. The van der Waals surface area contributed by atoms with Gasteiger partial charge in [0.2, 0.25) is 5.91 Å². The molecular formula is C16H21N3O2. The molecule has 112 valence electrons. The molecule has 0 aromatic carbocycles. The van der Waals surface area contributed by atoms with Crippen molar-refractivity contribution in [3.63, 3.8) is 0 Å². The van der Waals surface area contributed by atoms with Crippen LogP contribution in [-0.2, 0) is 4.79 Å². The van der Waals surface area contributed by atoms with Crippen molar-refractivity contribution in [1.82, 2.24) is 14.8 Å². The number of rotatable bonds is 1. The van der Waals surface area contributed by atoms with E-state index in [0.29, 0.717) is 18.5 Å². The average molecular weight is 287 g/mol. The third-order valence-corrected chi connectivity index (χ3v) is 4.89. The van der Waals surface area contributed by atoms with Crippen molar-refractivity contribution < 1.29 is 9.59 Å². The van der Waals surface area contributed by atoms with Gasteiger partial charge in [-0.25, -0.2) is 0 Å². The van der Waals surface area contributed by atoms with Gasteiger partial charge in [0.05, 0.1) is 5.54 Å². The van der Waals surface area contributed by atoms with E-state index in [9.17, 15) is 9.59 Å². The van der Waals surface area contributed by atoms with Gasteiger partial charge in [-0.1, -0.05) is 0 Å². The molecule has 3 heterocycles. The van der Waals surface area contributed by atoms with Crippen LogP contribution in [0, 0.1) is 0 Å². The molecule has 0 N–H and O–H groups in total. The molecule has 3 rings (SSSR count). The number of aromatic nitrogens is 1. The highest BCUT2D eigenvalue weighted by molar-refractivity contribution is 5.94. The van der Waals surface area contributed by atoms with Crippen LogP contribution < -0.4 is 0 Å². The number of nitrogens with zero attached hydrogens (tertiary/aromatic N) is 3. The maximum atomic E-state index is 12.6. The summed E-state index contributed by atoms with van der Waals surface area (Å²) in [5, 5.41) is 0. The zero-order valence-electron chi connectivity index (χ0n) is 12.4. The Kier molecular flexibility index (Phi) is 3.66. The maximum absolute atomic E-state index is 12.6. The largest absolute Gasteiger partial charge is 0.338 e. The zero-order valence-corrected chi connectivity index (χ0v) is 12.4. The van der Waals surface area contributed by atoms with Gasteiger partial charge < -0.3 is 9.80 Å². The van der Waals surface area contributed by atoms with Gasteiger partial charge in [-0.05, 0) is 37.8 Å². The number of likely N-dealkylation sites (N-methyl/N-ethyl adjacent to an activating group) is 1. The van der Waals surface area contributed by atoms with Crippen LogP contribution in [0.5, 0.6) is 0 Å². The highest BCUT2D eigenvalue weighted by Gasteiger charge is 2.44. The van der Waals surface area contributed by atoms with Crippen molar-refractivity contribution in [2.75, 3.05) is 20.1 Å². The lowest BCUT2D eigenvalue weighted by Gasteiger charge is -2.50. The fraction of sp³-hybridized carbons (Fsp3) is 0.562. The lowest BCUT2D eigenvalue weighted by atomic mass is 9.80. The number of piperidine rings is 2. The summed E-state index contributed by atoms with van der Waals surface area (Å²) in [7, 11) is 1.89. The van der Waals surface area contributed by atoms with E-state index in [2.05, 4.69) is 4.98 Å². The SMILES string of the molecule is CN1C(=O)CCC[C@@]12CCCN(C(=O)c1ccncc1)C2. The molecule has 1 atom stereocenters. The Balaban J connectivity index is 1.80. The summed E-state index contributed by atoms with van der Waals surface area (Å²) >= 11 is 0. The third kappa shape index (κ3) is 2.52. The van der Waals surface area contributed by atoms with E-state index in [1.807, 2.05) is 16.8 Å². The lowest BCUT2D eigenvalue weighted by Crippen LogP contribution is -2.61. The summed E-state index contributed by atoms with van der Waals surface area (Å²) in [4.78, 5) is 32.4. The molecule has 2 aliphatic heterocycles. The zero-order chi connectivity index (χ0) is 14.9. The quantitative estimate of drug-likeness (QED) is 0.790. The van der Waals surface area contributed by atoms with E-state index in [1.54, 1.807) is 24.5 Å². The Labute approximate surface area is 124 Å². The summed E-state index contributed by atoms with van der Waals surface area (Å²) < 4.78 is 0. The first kappa shape index (κ1) is 14.0. The molecule has 1 aromatic rings. The summed E-state index contributed by atoms with van der Waals surface area (Å²) in [5.74, 6) is 0.252. The number of carbonyl (C=O) groups excluding carboxylic acids is 2. The van der Waals surface area contributed by atoms with Crippen LogP contribution >= 0.6 is 0 Å². The summed E-state index contributed by atoms with van der Waals surface area (Å²) in [5.41, 5.74) is 0.517. The maximum Gasteiger partial charge on any atom is 0.254 e. The van der Waals surface area contributed by atoms with Crippen molar-refractivity contribution >= 4 is 11.8 Å². The first-order chi connectivity index (χ1) is 10.1. The molecule has 2 saturated heterocycles. The van der Waals surface area contributed by atoms with E-state index in [1.165, 1.54) is 0 Å². The van der Waals surface area contributed by atoms with Crippen LogP contribution in [0.2, 0.25) is 0 Å². The molecule has 0 bridgehead atoms. The first-order valence-corrected chi connectivity index (χ1v) is 7.58. The molecule has 0 radical (unpaired) electrons. The van der Waals surface area contributed by atoms with Crippen LogP contribution in [-0.4, -0.2) is 52.3 Å². The van der Waals surface area contributed by atoms with Crippen molar-refractivity contribution in [3.8, 4) is 0 Å². The highest BCUT2D eigenvalue weighted by atomic mass is 16.2. The second-order valence-electron chi connectivity index (χ2n) is 6.10. The smallest absolute Gasteiger partial charge is 0.254 e. The van der Waals surface area contributed by atoms with Crippen LogP contribution in [0.25, 0.3) is 0 Å². The second kappa shape index (κ2) is 5.47. The minimum Gasteiger partial charge on any atom is -0.338 e. The van der Waals surface area contributed by atoms with Gasteiger partial charge >= 0.3 is 0 Å². The van der Waals surface area contributed by atoms with Gasteiger partial charge in [0.1, 0.15) is 0 Å². The highest BCUT2D eigenvalue weighted by Crippen LogP contribution is 2.35. The van der Waals surface area contributed by atoms with Crippen molar-refractivity contribution in [2.45, 2.75) is 37.6 Å². The molecule has 0 saturated carbocycles. The minimum absolute atomic E-state index is 0.0443. The molecule has 1 aromatic heterocycles. The van der Waals surface area contributed by atoms with E-state index >= 15 is 0 Å². The van der Waals surface area contributed by atoms with Crippen molar-refractivity contribution in [3.05, 3.63) is 30.1 Å². The molecule has 1 spiro atoms. The molecule has 5 heteroatoms. The molecule has 0 aliphatic carbocycles. The molecule has 21 heavy (non-hydrogen) atoms. The molecule has 2 aliphatic rings. The summed E-state index contributed by atoms with van der Waals surface area (Å²) in [6, 6.07) is 3.50. The van der Waals surface area contributed by atoms with Gasteiger partial charge in [-0.2, -0.15) is 0 Å². The fourth-order valence-electron chi connectivity index (χ4n) is 3.61. The minimum atomic E-state index is -0.156.